The van der Waals surface area contributed by atoms with Gasteiger partial charge in [0.1, 0.15) is 5.75 Å². The fourth-order valence-electron chi connectivity index (χ4n) is 2.11. The smallest absolute Gasteiger partial charge is 0.272 e. The summed E-state index contributed by atoms with van der Waals surface area (Å²) in [5, 5.41) is 10.6. The number of ether oxygens (including phenoxy) is 1. The van der Waals surface area contributed by atoms with Gasteiger partial charge >= 0.3 is 0 Å². The summed E-state index contributed by atoms with van der Waals surface area (Å²) in [4.78, 5) is 10.6. The lowest BCUT2D eigenvalue weighted by atomic mass is 10.0. The van der Waals surface area contributed by atoms with Crippen molar-refractivity contribution in [2.24, 2.45) is 0 Å². The van der Waals surface area contributed by atoms with Gasteiger partial charge in [0.05, 0.1) is 17.4 Å². The minimum absolute atomic E-state index is 0.0826. The van der Waals surface area contributed by atoms with Crippen molar-refractivity contribution in [2.75, 3.05) is 7.11 Å². The predicted molar refractivity (Wildman–Crippen MR) is 86.1 cm³/mol. The number of alkyl halides is 1. The third-order valence-corrected chi connectivity index (χ3v) is 4.00. The van der Waals surface area contributed by atoms with Crippen molar-refractivity contribution in [3.63, 3.8) is 0 Å². The van der Waals surface area contributed by atoms with Crippen molar-refractivity contribution in [1.29, 1.82) is 0 Å². The van der Waals surface area contributed by atoms with Crippen LogP contribution in [0.3, 0.4) is 0 Å². The second-order valence-electron chi connectivity index (χ2n) is 4.44. The van der Waals surface area contributed by atoms with E-state index in [4.69, 9.17) is 16.3 Å². The van der Waals surface area contributed by atoms with Crippen LogP contribution in [0, 0.1) is 10.1 Å². The summed E-state index contributed by atoms with van der Waals surface area (Å²) in [7, 11) is 1.57. The van der Waals surface area contributed by atoms with Crippen molar-refractivity contribution in [3.8, 4) is 5.75 Å². The van der Waals surface area contributed by atoms with Crippen molar-refractivity contribution in [2.45, 2.75) is 11.8 Å². The van der Waals surface area contributed by atoms with Gasteiger partial charge in [-0.05, 0) is 18.6 Å². The largest absolute Gasteiger partial charge is 0.496 e. The van der Waals surface area contributed by atoms with Crippen LogP contribution in [0.15, 0.2) is 46.9 Å². The number of nitro groups is 1. The van der Waals surface area contributed by atoms with Crippen LogP contribution >= 0.6 is 27.5 Å². The van der Waals surface area contributed by atoms with E-state index in [0.717, 1.165) is 10.0 Å². The molecule has 0 fully saturated rings. The molecule has 1 atom stereocenters. The Hall–Kier alpha value is -1.59. The third kappa shape index (κ3) is 3.74. The minimum atomic E-state index is -0.408. The van der Waals surface area contributed by atoms with E-state index >= 15 is 0 Å². The van der Waals surface area contributed by atoms with Gasteiger partial charge in [-0.15, -0.1) is 11.6 Å². The Labute approximate surface area is 136 Å². The number of para-hydroxylation sites is 1. The van der Waals surface area contributed by atoms with E-state index in [1.165, 1.54) is 6.07 Å². The highest BCUT2D eigenvalue weighted by Gasteiger charge is 2.19. The Morgan fingerprint density at radius 1 is 1.33 bits per heavy atom. The molecule has 110 valence electrons. The van der Waals surface area contributed by atoms with Crippen molar-refractivity contribution in [1.82, 2.24) is 0 Å². The predicted octanol–water partition coefficient (Wildman–Crippen LogP) is 4.89. The third-order valence-electron chi connectivity index (χ3n) is 3.12. The van der Waals surface area contributed by atoms with E-state index in [1.54, 1.807) is 25.3 Å². The first-order valence-electron chi connectivity index (χ1n) is 6.22. The number of rotatable bonds is 5. The number of halogens is 2. The summed E-state index contributed by atoms with van der Waals surface area (Å²) < 4.78 is 6.20. The molecule has 0 N–H and O–H groups in total. The molecule has 2 aromatic rings. The normalized spacial score (nSPS) is 12.0. The van der Waals surface area contributed by atoms with Crippen LogP contribution in [0.4, 0.5) is 5.69 Å². The first-order chi connectivity index (χ1) is 10.0. The molecule has 2 rings (SSSR count). The highest BCUT2D eigenvalue weighted by atomic mass is 79.9. The summed E-state index contributed by atoms with van der Waals surface area (Å²) in [6.07, 6.45) is 0.358. The number of benzene rings is 2. The quantitative estimate of drug-likeness (QED) is 0.428. The van der Waals surface area contributed by atoms with E-state index in [0.29, 0.717) is 17.7 Å². The van der Waals surface area contributed by atoms with E-state index in [9.17, 15) is 10.1 Å². The Morgan fingerprint density at radius 2 is 2.05 bits per heavy atom. The Bertz CT molecular complexity index is 663. The molecule has 0 amide bonds. The van der Waals surface area contributed by atoms with E-state index < -0.39 is 10.3 Å². The van der Waals surface area contributed by atoms with Crippen molar-refractivity contribution < 1.29 is 9.66 Å². The molecule has 0 spiro atoms. The van der Waals surface area contributed by atoms with Crippen molar-refractivity contribution >= 4 is 33.2 Å². The lowest BCUT2D eigenvalue weighted by Crippen LogP contribution is -2.02. The zero-order valence-corrected chi connectivity index (χ0v) is 13.6. The molecule has 0 bridgehead atoms. The molecule has 0 saturated heterocycles. The number of nitro benzene ring substituents is 1. The SMILES string of the molecule is COc1cc(Br)ccc1C(Cl)Cc1ccccc1[N+](=O)[O-]. The van der Waals surface area contributed by atoms with E-state index in [1.807, 2.05) is 18.2 Å². The zero-order valence-electron chi connectivity index (χ0n) is 11.3. The maximum Gasteiger partial charge on any atom is 0.272 e. The van der Waals surface area contributed by atoms with E-state index in [-0.39, 0.29) is 5.69 Å². The van der Waals surface area contributed by atoms with Gasteiger partial charge < -0.3 is 4.74 Å². The zero-order chi connectivity index (χ0) is 15.4. The summed E-state index contributed by atoms with van der Waals surface area (Å²) in [5.41, 5.74) is 1.49. The lowest BCUT2D eigenvalue weighted by molar-refractivity contribution is -0.385. The van der Waals surface area contributed by atoms with Gasteiger partial charge in [-0.1, -0.05) is 40.2 Å². The second-order valence-corrected chi connectivity index (χ2v) is 5.89. The van der Waals surface area contributed by atoms with Crippen LogP contribution in [0.5, 0.6) is 5.75 Å². The van der Waals surface area contributed by atoms with Gasteiger partial charge in [0.15, 0.2) is 0 Å². The van der Waals surface area contributed by atoms with Crippen LogP contribution in [0.25, 0.3) is 0 Å². The minimum Gasteiger partial charge on any atom is -0.496 e. The number of nitrogens with zero attached hydrogens (tertiary/aromatic N) is 1. The molecule has 0 saturated carbocycles. The topological polar surface area (TPSA) is 52.4 Å². The molecule has 1 unspecified atom stereocenters. The maximum absolute atomic E-state index is 11.0. The van der Waals surface area contributed by atoms with Crippen LogP contribution in [-0.2, 0) is 6.42 Å². The average molecular weight is 371 g/mol. The molecule has 0 aliphatic rings. The lowest BCUT2D eigenvalue weighted by Gasteiger charge is -2.14. The van der Waals surface area contributed by atoms with Gasteiger partial charge in [-0.3, -0.25) is 10.1 Å². The first-order valence-corrected chi connectivity index (χ1v) is 7.45. The van der Waals surface area contributed by atoms with Crippen LogP contribution < -0.4 is 4.74 Å². The maximum atomic E-state index is 11.0. The van der Waals surface area contributed by atoms with Gasteiger partial charge in [0.2, 0.25) is 0 Å². The van der Waals surface area contributed by atoms with Crippen molar-refractivity contribution in [3.05, 3.63) is 68.2 Å². The fraction of sp³-hybridized carbons (Fsp3) is 0.200. The molecule has 4 nitrogen and oxygen atoms in total. The molecule has 0 aliphatic heterocycles. The molecular weight excluding hydrogens is 358 g/mol. The molecular formula is C15H13BrClNO3. The highest BCUT2D eigenvalue weighted by molar-refractivity contribution is 9.10. The highest BCUT2D eigenvalue weighted by Crippen LogP contribution is 2.35. The number of hydrogen-bond donors (Lipinski definition) is 0. The monoisotopic (exact) mass is 369 g/mol. The summed E-state index contributed by atoms with van der Waals surface area (Å²) in [6, 6.07) is 12.2. The average Bonchev–Trinajstić information content (AvgIpc) is 2.47. The molecule has 0 radical (unpaired) electrons. The molecule has 0 heterocycles. The van der Waals surface area contributed by atoms with Gasteiger partial charge in [-0.2, -0.15) is 0 Å². The number of methoxy groups -OCH3 is 1. The van der Waals surface area contributed by atoms with Gasteiger partial charge in [0, 0.05) is 21.7 Å². The summed E-state index contributed by atoms with van der Waals surface area (Å²) in [5.74, 6) is 0.656. The second kappa shape index (κ2) is 6.91. The molecule has 0 aliphatic carbocycles. The summed E-state index contributed by atoms with van der Waals surface area (Å²) in [6.45, 7) is 0. The van der Waals surface area contributed by atoms with Crippen LogP contribution in [0.2, 0.25) is 0 Å². The van der Waals surface area contributed by atoms with E-state index in [2.05, 4.69) is 15.9 Å². The fourth-order valence-corrected chi connectivity index (χ4v) is 2.79. The van der Waals surface area contributed by atoms with Gasteiger partial charge in [0.25, 0.3) is 5.69 Å². The Morgan fingerprint density at radius 3 is 2.71 bits per heavy atom. The molecule has 0 aromatic heterocycles. The molecule has 2 aromatic carbocycles. The Kier molecular flexibility index (Phi) is 5.20. The standard InChI is InChI=1S/C15H13BrClNO3/c1-21-15-9-11(16)6-7-12(15)13(17)8-10-4-2-3-5-14(10)18(19)20/h2-7,9,13H,8H2,1H3. The molecule has 6 heteroatoms. The molecule has 21 heavy (non-hydrogen) atoms. The first kappa shape index (κ1) is 15.8. The Balaban J connectivity index is 2.30. The summed E-state index contributed by atoms with van der Waals surface area (Å²) >= 11 is 9.81. The van der Waals surface area contributed by atoms with Gasteiger partial charge in [-0.25, -0.2) is 0 Å². The van der Waals surface area contributed by atoms with Crippen LogP contribution in [-0.4, -0.2) is 12.0 Å². The van der Waals surface area contributed by atoms with Crippen LogP contribution in [0.1, 0.15) is 16.5 Å². The number of hydrogen-bond acceptors (Lipinski definition) is 3.